The third kappa shape index (κ3) is 4.39. The van der Waals surface area contributed by atoms with Crippen molar-refractivity contribution < 1.29 is 4.74 Å². The highest BCUT2D eigenvalue weighted by Crippen LogP contribution is 2.32. The molecule has 0 aromatic carbocycles. The quantitative estimate of drug-likeness (QED) is 0.868. The molecule has 1 saturated carbocycles. The van der Waals surface area contributed by atoms with Crippen molar-refractivity contribution in [1.29, 1.82) is 0 Å². The molecule has 2 aliphatic rings. The van der Waals surface area contributed by atoms with Crippen LogP contribution in [0.25, 0.3) is 0 Å². The number of aromatic nitrogens is 1. The number of rotatable bonds is 6. The number of aromatic amines is 1. The summed E-state index contributed by atoms with van der Waals surface area (Å²) < 4.78 is 5.05. The van der Waals surface area contributed by atoms with E-state index in [1.165, 1.54) is 39.5 Å². The van der Waals surface area contributed by atoms with E-state index in [9.17, 15) is 4.79 Å². The zero-order valence-electron chi connectivity index (χ0n) is 15.3. The number of nitrogens with one attached hydrogen (secondary N) is 1. The standard InChI is InChI=1S/C19H31N3O2/c1-14(2)17-13-21(7-4-8-22(17)11-15-5-6-15)12-16-9-18(23)19(24-3)10-20-16/h9-10,14-15,17H,4-8,11-13H2,1-3H3,(H,20,23)/t17-/m0/s1. The van der Waals surface area contributed by atoms with Gasteiger partial charge in [-0.1, -0.05) is 13.8 Å². The van der Waals surface area contributed by atoms with Crippen LogP contribution in [0.4, 0.5) is 0 Å². The Labute approximate surface area is 145 Å². The first-order valence-corrected chi connectivity index (χ1v) is 9.29. The Morgan fingerprint density at radius 2 is 2.12 bits per heavy atom. The maximum absolute atomic E-state index is 12.0. The molecule has 1 aliphatic carbocycles. The minimum atomic E-state index is -0.0446. The summed E-state index contributed by atoms with van der Waals surface area (Å²) >= 11 is 0. The van der Waals surface area contributed by atoms with E-state index >= 15 is 0 Å². The molecule has 1 aromatic rings. The molecule has 5 heteroatoms. The number of nitrogens with zero attached hydrogens (tertiary/aromatic N) is 2. The number of pyridine rings is 1. The van der Waals surface area contributed by atoms with Crippen molar-refractivity contribution >= 4 is 0 Å². The molecule has 2 heterocycles. The van der Waals surface area contributed by atoms with E-state index in [4.69, 9.17) is 4.74 Å². The molecule has 24 heavy (non-hydrogen) atoms. The first-order chi connectivity index (χ1) is 11.6. The van der Waals surface area contributed by atoms with Crippen LogP contribution in [0.3, 0.4) is 0 Å². The third-order valence-corrected chi connectivity index (χ3v) is 5.34. The maximum atomic E-state index is 12.0. The summed E-state index contributed by atoms with van der Waals surface area (Å²) in [5.74, 6) is 1.97. The highest BCUT2D eigenvalue weighted by atomic mass is 16.5. The fourth-order valence-corrected chi connectivity index (χ4v) is 3.76. The van der Waals surface area contributed by atoms with E-state index in [2.05, 4.69) is 28.6 Å². The van der Waals surface area contributed by atoms with E-state index in [0.717, 1.165) is 31.2 Å². The summed E-state index contributed by atoms with van der Waals surface area (Å²) in [5.41, 5.74) is 0.927. The van der Waals surface area contributed by atoms with E-state index in [1.807, 2.05) is 0 Å². The molecule has 134 valence electrons. The molecule has 0 spiro atoms. The monoisotopic (exact) mass is 333 g/mol. The van der Waals surface area contributed by atoms with Crippen LogP contribution >= 0.6 is 0 Å². The van der Waals surface area contributed by atoms with Gasteiger partial charge in [-0.2, -0.15) is 0 Å². The van der Waals surface area contributed by atoms with E-state index in [-0.39, 0.29) is 5.43 Å². The second-order valence-electron chi connectivity index (χ2n) is 7.73. The Kier molecular flexibility index (Phi) is 5.61. The van der Waals surface area contributed by atoms with Crippen LogP contribution in [0.2, 0.25) is 0 Å². The summed E-state index contributed by atoms with van der Waals surface area (Å²) in [6.07, 6.45) is 5.71. The van der Waals surface area contributed by atoms with E-state index < -0.39 is 0 Å². The lowest BCUT2D eigenvalue weighted by Crippen LogP contribution is -2.45. The summed E-state index contributed by atoms with van der Waals surface area (Å²) in [6, 6.07) is 2.29. The molecule has 1 aliphatic heterocycles. The Balaban J connectivity index is 1.67. The smallest absolute Gasteiger partial charge is 0.223 e. The molecule has 1 saturated heterocycles. The molecular formula is C19H31N3O2. The van der Waals surface area contributed by atoms with Gasteiger partial charge in [0, 0.05) is 43.6 Å². The lowest BCUT2D eigenvalue weighted by Gasteiger charge is -2.34. The van der Waals surface area contributed by atoms with Gasteiger partial charge in [-0.05, 0) is 44.2 Å². The van der Waals surface area contributed by atoms with E-state index in [1.54, 1.807) is 12.3 Å². The predicted octanol–water partition coefficient (Wildman–Crippen LogP) is 2.33. The normalized spacial score (nSPS) is 23.4. The van der Waals surface area contributed by atoms with E-state index in [0.29, 0.717) is 17.7 Å². The number of hydrogen-bond acceptors (Lipinski definition) is 4. The highest BCUT2D eigenvalue weighted by molar-refractivity contribution is 5.20. The molecule has 1 aromatic heterocycles. The molecule has 0 unspecified atom stereocenters. The van der Waals surface area contributed by atoms with Gasteiger partial charge in [0.25, 0.3) is 0 Å². The van der Waals surface area contributed by atoms with Crippen molar-refractivity contribution in [3.05, 3.63) is 28.2 Å². The predicted molar refractivity (Wildman–Crippen MR) is 96.4 cm³/mol. The summed E-state index contributed by atoms with van der Waals surface area (Å²) in [4.78, 5) is 20.4. The van der Waals surface area contributed by atoms with Gasteiger partial charge < -0.3 is 9.72 Å². The van der Waals surface area contributed by atoms with Crippen molar-refractivity contribution in [2.75, 3.05) is 33.3 Å². The number of methoxy groups -OCH3 is 1. The first kappa shape index (κ1) is 17.5. The molecule has 5 nitrogen and oxygen atoms in total. The number of ether oxygens (including phenoxy) is 1. The molecular weight excluding hydrogens is 302 g/mol. The zero-order valence-corrected chi connectivity index (χ0v) is 15.3. The molecule has 1 atom stereocenters. The van der Waals surface area contributed by atoms with Gasteiger partial charge in [0.15, 0.2) is 5.75 Å². The SMILES string of the molecule is COc1c[nH]c(CN2CCCN(CC3CC3)[C@H](C(C)C)C2)cc1=O. The first-order valence-electron chi connectivity index (χ1n) is 9.29. The maximum Gasteiger partial charge on any atom is 0.223 e. The Morgan fingerprint density at radius 3 is 2.75 bits per heavy atom. The molecule has 3 rings (SSSR count). The summed E-state index contributed by atoms with van der Waals surface area (Å²) in [6.45, 7) is 10.1. The molecule has 1 N–H and O–H groups in total. The van der Waals surface area contributed by atoms with Gasteiger partial charge in [-0.3, -0.25) is 14.6 Å². The summed E-state index contributed by atoms with van der Waals surface area (Å²) in [7, 11) is 1.53. The number of hydrogen-bond donors (Lipinski definition) is 1. The third-order valence-electron chi connectivity index (χ3n) is 5.34. The lowest BCUT2D eigenvalue weighted by molar-refractivity contribution is 0.131. The van der Waals surface area contributed by atoms with Crippen LogP contribution in [0.5, 0.6) is 5.75 Å². The van der Waals surface area contributed by atoms with Crippen molar-refractivity contribution in [3.63, 3.8) is 0 Å². The highest BCUT2D eigenvalue weighted by Gasteiger charge is 2.32. The average molecular weight is 333 g/mol. The molecule has 0 radical (unpaired) electrons. The van der Waals surface area contributed by atoms with Gasteiger partial charge in [-0.15, -0.1) is 0 Å². The van der Waals surface area contributed by atoms with Crippen molar-refractivity contribution in [2.45, 2.75) is 45.7 Å². The van der Waals surface area contributed by atoms with Gasteiger partial charge in [0.1, 0.15) is 0 Å². The van der Waals surface area contributed by atoms with Gasteiger partial charge in [-0.25, -0.2) is 0 Å². The fraction of sp³-hybridized carbons (Fsp3) is 0.737. The second kappa shape index (κ2) is 7.70. The van der Waals surface area contributed by atoms with Crippen LogP contribution in [-0.2, 0) is 6.54 Å². The van der Waals surface area contributed by atoms with Crippen LogP contribution in [-0.4, -0.2) is 54.1 Å². The van der Waals surface area contributed by atoms with Gasteiger partial charge >= 0.3 is 0 Å². The lowest BCUT2D eigenvalue weighted by atomic mass is 10.0. The fourth-order valence-electron chi connectivity index (χ4n) is 3.76. The van der Waals surface area contributed by atoms with Crippen molar-refractivity contribution in [3.8, 4) is 5.75 Å². The van der Waals surface area contributed by atoms with Crippen molar-refractivity contribution in [2.24, 2.45) is 11.8 Å². The van der Waals surface area contributed by atoms with Gasteiger partial charge in [0.05, 0.1) is 7.11 Å². The Morgan fingerprint density at radius 1 is 1.33 bits per heavy atom. The van der Waals surface area contributed by atoms with Crippen LogP contribution < -0.4 is 10.2 Å². The average Bonchev–Trinajstić information content (AvgIpc) is 3.36. The molecule has 2 fully saturated rings. The minimum absolute atomic E-state index is 0.0446. The van der Waals surface area contributed by atoms with Crippen LogP contribution in [0.1, 0.15) is 38.8 Å². The topological polar surface area (TPSA) is 48.6 Å². The van der Waals surface area contributed by atoms with Crippen molar-refractivity contribution in [1.82, 2.24) is 14.8 Å². The largest absolute Gasteiger partial charge is 0.491 e. The summed E-state index contributed by atoms with van der Waals surface area (Å²) in [5, 5.41) is 0. The Hall–Kier alpha value is -1.33. The van der Waals surface area contributed by atoms with Crippen LogP contribution in [0.15, 0.2) is 17.1 Å². The second-order valence-corrected chi connectivity index (χ2v) is 7.73. The number of H-pyrrole nitrogens is 1. The zero-order chi connectivity index (χ0) is 17.1. The van der Waals surface area contributed by atoms with Crippen LogP contribution in [0, 0.1) is 11.8 Å². The van der Waals surface area contributed by atoms with Gasteiger partial charge in [0.2, 0.25) is 5.43 Å². The Bertz CT molecular complexity index is 595. The minimum Gasteiger partial charge on any atom is -0.491 e. The molecule has 0 bridgehead atoms. The molecule has 0 amide bonds.